The van der Waals surface area contributed by atoms with Gasteiger partial charge in [-0.05, 0) is 83.9 Å². The number of halogens is 8. The molecule has 0 atom stereocenters. The molecule has 8 aromatic rings. The van der Waals surface area contributed by atoms with Crippen LogP contribution in [0.1, 0.15) is 11.1 Å². The molecule has 12 heteroatoms. The summed E-state index contributed by atoms with van der Waals surface area (Å²) in [6, 6.07) is 88.1. The maximum atomic E-state index is 4.97. The molecule has 0 aromatic heterocycles. The summed E-state index contributed by atoms with van der Waals surface area (Å²) in [4.78, 5) is 0. The van der Waals surface area contributed by atoms with Gasteiger partial charge in [-0.15, -0.1) is 0 Å². The van der Waals surface area contributed by atoms with Gasteiger partial charge in [-0.1, -0.05) is 170 Å². The van der Waals surface area contributed by atoms with Gasteiger partial charge in [-0.2, -0.15) is 0 Å². The third-order valence-electron chi connectivity index (χ3n) is 9.71. The average molecular weight is 1100 g/mol. The Kier molecular flexibility index (Phi) is 21.1. The molecule has 0 bridgehead atoms. The first-order chi connectivity index (χ1) is 29.8. The van der Waals surface area contributed by atoms with Crippen LogP contribution in [0.15, 0.2) is 243 Å². The minimum atomic E-state index is -2.74. The Hall–Kier alpha value is -2.02. The predicted molar refractivity (Wildman–Crippen MR) is 277 cm³/mol. The van der Waals surface area contributed by atoms with Crippen molar-refractivity contribution in [1.29, 1.82) is 0 Å². The van der Waals surface area contributed by atoms with Crippen LogP contribution in [0.3, 0.4) is 0 Å². The van der Waals surface area contributed by atoms with E-state index < -0.39 is 32.9 Å². The van der Waals surface area contributed by atoms with E-state index in [1.807, 2.05) is 0 Å². The molecular weight excluding hydrogens is 1060 g/mol. The van der Waals surface area contributed by atoms with Crippen molar-refractivity contribution in [3.63, 3.8) is 0 Å². The first-order valence-corrected chi connectivity index (χ1v) is 36.1. The van der Waals surface area contributed by atoms with Crippen LogP contribution in [0.5, 0.6) is 0 Å². The molecule has 324 valence electrons. The van der Waals surface area contributed by atoms with Crippen molar-refractivity contribution in [3.05, 3.63) is 254 Å². The van der Waals surface area contributed by atoms with Crippen molar-refractivity contribution in [2.45, 2.75) is 12.3 Å². The van der Waals surface area contributed by atoms with Crippen LogP contribution >= 0.6 is 95.3 Å². The number of hydrogen-bond acceptors (Lipinski definition) is 0. The summed E-state index contributed by atoms with van der Waals surface area (Å²) in [7, 11) is 30.7. The van der Waals surface area contributed by atoms with Crippen molar-refractivity contribution in [2.75, 3.05) is 0 Å². The third kappa shape index (κ3) is 16.1. The summed E-state index contributed by atoms with van der Waals surface area (Å²) in [5.74, 6) is 0. The number of rotatable bonds is 10. The van der Waals surface area contributed by atoms with E-state index in [0.29, 0.717) is 0 Å². The van der Waals surface area contributed by atoms with E-state index in [2.05, 4.69) is 243 Å². The van der Waals surface area contributed by atoms with Gasteiger partial charge in [0, 0.05) is 0 Å². The summed E-state index contributed by atoms with van der Waals surface area (Å²) in [6.07, 6.45) is 2.07. The van der Waals surface area contributed by atoms with Crippen LogP contribution in [-0.2, 0) is 30.7 Å². The molecule has 0 saturated heterocycles. The van der Waals surface area contributed by atoms with Crippen molar-refractivity contribution < 1.29 is 18.4 Å². The van der Waals surface area contributed by atoms with Crippen LogP contribution in [0.25, 0.3) is 0 Å². The van der Waals surface area contributed by atoms with E-state index in [-0.39, 0.29) is 0 Å². The van der Waals surface area contributed by atoms with E-state index in [4.69, 9.17) is 80.8 Å². The van der Waals surface area contributed by atoms with E-state index in [1.54, 1.807) is 0 Å². The van der Waals surface area contributed by atoms with E-state index in [0.717, 1.165) is 12.3 Å². The SMILES string of the molecule is [Cl][Mn-]([Cl])([Cl])[Cl].[Cl][Mn-]([Cl])([Cl])[Cl].c1ccc(C[P+](c2ccccc2)(c2ccccc2)c2ccccc2)cc1.c1ccc(C[P+](c2ccccc2)(c2ccccc2)c2ccccc2)cc1. The van der Waals surface area contributed by atoms with Crippen molar-refractivity contribution >= 4 is 127 Å². The Morgan fingerprint density at radius 1 is 0.226 bits per heavy atom. The average Bonchev–Trinajstić information content (AvgIpc) is 3.29. The van der Waals surface area contributed by atoms with Gasteiger partial charge in [-0.25, -0.2) is 0 Å². The minimum Gasteiger partial charge on any atom is -0.0622 e. The molecule has 0 unspecified atom stereocenters. The van der Waals surface area contributed by atoms with Gasteiger partial charge >= 0.3 is 99.2 Å². The smallest absolute Gasteiger partial charge is 0.0622 e. The van der Waals surface area contributed by atoms with E-state index in [1.165, 1.54) is 43.0 Å². The molecule has 0 radical (unpaired) electrons. The second-order valence-corrected chi connectivity index (χ2v) is 43.9. The molecule has 0 aliphatic carbocycles. The molecule has 0 heterocycles. The van der Waals surface area contributed by atoms with Gasteiger partial charge in [0.1, 0.15) is 46.4 Å². The topological polar surface area (TPSA) is 0 Å². The summed E-state index contributed by atoms with van der Waals surface area (Å²) in [6.45, 7) is 0. The van der Waals surface area contributed by atoms with Gasteiger partial charge < -0.3 is 0 Å². The summed E-state index contributed by atoms with van der Waals surface area (Å²) in [5.41, 5.74) is 2.77. The molecule has 0 saturated carbocycles. The first-order valence-electron chi connectivity index (χ1n) is 19.1. The molecule has 0 spiro atoms. The second-order valence-electron chi connectivity index (χ2n) is 13.6. The number of benzene rings is 8. The molecule has 0 fully saturated rings. The predicted octanol–water partition coefficient (Wildman–Crippen LogP) is 15.9. The Morgan fingerprint density at radius 2 is 0.355 bits per heavy atom. The van der Waals surface area contributed by atoms with Gasteiger partial charge in [0.25, 0.3) is 0 Å². The van der Waals surface area contributed by atoms with Crippen LogP contribution in [0, 0.1) is 0 Å². The maximum Gasteiger partial charge on any atom is 0.116 e. The summed E-state index contributed by atoms with van der Waals surface area (Å²) < 4.78 is 0. The Bertz CT molecular complexity index is 2050. The fourth-order valence-electron chi connectivity index (χ4n) is 7.25. The quantitative estimate of drug-likeness (QED) is 0.0946. The molecular formula is C50H44Cl8Mn2P2. The largest absolute Gasteiger partial charge is 0.116 e. The normalized spacial score (nSPS) is 11.9. The maximum absolute atomic E-state index is 4.97. The van der Waals surface area contributed by atoms with Crippen LogP contribution in [0.4, 0.5) is 0 Å². The van der Waals surface area contributed by atoms with Crippen molar-refractivity contribution in [3.8, 4) is 0 Å². The van der Waals surface area contributed by atoms with E-state index >= 15 is 0 Å². The second kappa shape index (κ2) is 25.6. The molecule has 62 heavy (non-hydrogen) atoms. The van der Waals surface area contributed by atoms with E-state index in [9.17, 15) is 0 Å². The van der Waals surface area contributed by atoms with Gasteiger partial charge in [0.15, 0.2) is 0 Å². The van der Waals surface area contributed by atoms with Gasteiger partial charge in [-0.3, -0.25) is 0 Å². The summed E-state index contributed by atoms with van der Waals surface area (Å²) >= 11 is 0. The van der Waals surface area contributed by atoms with Crippen LogP contribution in [-0.4, -0.2) is 0 Å². The van der Waals surface area contributed by atoms with Crippen LogP contribution < -0.4 is 31.8 Å². The zero-order chi connectivity index (χ0) is 44.3. The number of hydrogen-bond donors (Lipinski definition) is 0. The molecule has 0 nitrogen and oxygen atoms in total. The molecule has 0 aliphatic heterocycles. The Labute approximate surface area is 407 Å². The fraction of sp³-hybridized carbons (Fsp3) is 0.0400. The standard InChI is InChI=1S/2C25H22P.8ClH.2Mn/c2*1-5-13-22(14-6-1)21-26(23-15-7-2-8-16-23,24-17-9-3-10-18-24)25-19-11-4-12-20-25;;;;;;;;;;/h2*1-20H,21H2;8*1H;;/q2*+1;;;;;;;;;2*+3/p-8. The van der Waals surface area contributed by atoms with Gasteiger partial charge in [0.05, 0.1) is 12.3 Å². The monoisotopic (exact) mass is 1100 g/mol. The third-order valence-corrected chi connectivity index (χ3v) is 18.5. The zero-order valence-electron chi connectivity index (χ0n) is 33.2. The van der Waals surface area contributed by atoms with Crippen LogP contribution in [0.2, 0.25) is 0 Å². The summed E-state index contributed by atoms with van der Waals surface area (Å²) in [5, 5.41) is 8.59. The molecule has 8 rings (SSSR count). The van der Waals surface area contributed by atoms with Crippen molar-refractivity contribution in [1.82, 2.24) is 0 Å². The van der Waals surface area contributed by atoms with Gasteiger partial charge in [0.2, 0.25) is 0 Å². The first kappa shape index (κ1) is 51.0. The Morgan fingerprint density at radius 3 is 0.500 bits per heavy atom. The Balaban J connectivity index is 0.000000193. The molecule has 0 amide bonds. The van der Waals surface area contributed by atoms with Crippen molar-refractivity contribution in [2.24, 2.45) is 0 Å². The zero-order valence-corrected chi connectivity index (χ0v) is 43.4. The minimum absolute atomic E-state index is 1.03. The fourth-order valence-corrected chi connectivity index (χ4v) is 15.7. The molecule has 0 aliphatic rings. The molecule has 8 aromatic carbocycles. The molecule has 0 N–H and O–H groups in total.